The fraction of sp³-hybridized carbons (Fsp3) is 0.857. The molecule has 14 N–H and O–H groups in total. The number of aliphatic hydroxyl groups is 8. The van der Waals surface area contributed by atoms with Gasteiger partial charge < -0.3 is 94.9 Å². The summed E-state index contributed by atoms with van der Waals surface area (Å²) >= 11 is 0. The molecule has 0 aromatic carbocycles. The lowest BCUT2D eigenvalue weighted by atomic mass is 9.94. The van der Waals surface area contributed by atoms with E-state index in [1.807, 2.05) is 0 Å². The molecule has 0 aromatic rings. The third kappa shape index (κ3) is 12.6. The number of hydrogen-bond acceptors (Lipinski definition) is 25. The lowest BCUT2D eigenvalue weighted by Gasteiger charge is -2.49. The Labute approximate surface area is 342 Å². The maximum atomic E-state index is 12.5. The zero-order valence-electron chi connectivity index (χ0n) is 31.1. The molecular formula is C28H44N2O29S2. The van der Waals surface area contributed by atoms with Gasteiger partial charge in [-0.1, -0.05) is 0 Å². The van der Waals surface area contributed by atoms with Gasteiger partial charge in [0.2, 0.25) is 11.8 Å². The fourth-order valence-electron chi connectivity index (χ4n) is 6.59. The van der Waals surface area contributed by atoms with E-state index < -0.39 is 180 Å². The van der Waals surface area contributed by atoms with Crippen LogP contribution in [0.25, 0.3) is 0 Å². The fourth-order valence-corrected chi connectivity index (χ4v) is 7.20. The number of rotatable bonds is 16. The Morgan fingerprint density at radius 2 is 0.918 bits per heavy atom. The monoisotopic (exact) mass is 936 g/mol. The number of aliphatic carboxylic acids is 2. The first kappa shape index (κ1) is 50.7. The normalized spacial score (nSPS) is 42.3. The molecule has 0 bridgehead atoms. The van der Waals surface area contributed by atoms with Gasteiger partial charge >= 0.3 is 32.7 Å². The van der Waals surface area contributed by atoms with Crippen molar-refractivity contribution >= 4 is 44.6 Å². The molecule has 0 spiro atoms. The van der Waals surface area contributed by atoms with Crippen LogP contribution in [0, 0.1) is 0 Å². The first-order valence-corrected chi connectivity index (χ1v) is 20.1. The second-order valence-electron chi connectivity index (χ2n) is 13.7. The van der Waals surface area contributed by atoms with Crippen LogP contribution in [0.1, 0.15) is 13.8 Å². The topological polar surface area (TPSA) is 486 Å². The number of carboxylic acid groups (broad SMARTS) is 2. The van der Waals surface area contributed by atoms with Crippen molar-refractivity contribution in [2.75, 3.05) is 13.2 Å². The summed E-state index contributed by atoms with van der Waals surface area (Å²) in [4.78, 5) is 48.2. The van der Waals surface area contributed by atoms with E-state index in [-0.39, 0.29) is 0 Å². The van der Waals surface area contributed by atoms with Crippen LogP contribution in [-0.4, -0.2) is 237 Å². The standard InChI is InChI=1S/C28H44N2O29S2/c1-5(31)29-9-11(33)18(7(53-25(9)44)3-51-60(45,46)47)55-28-17(39)15(37)20(22(59-28)24(42)43)57-26-10(30-6(2)32)12(34)19(8(54-26)4-52-61(48,49)50)56-27-16(38)13(35)14(36)21(58-27)23(40)41/h7-22,25-28,33-39,44H,3-4H2,1-2H3,(H,29,31)(H,30,32)(H,40,41)(H,42,43)(H,45,46,47)(H,48,49,50)/t7-,8-,9-,10-,11-,12-,13+,14+,15-,16-,17-,18-,19-,20+,21+,22-,25-,26+,27+,28-/m1/s1. The van der Waals surface area contributed by atoms with Gasteiger partial charge in [-0.3, -0.25) is 18.7 Å². The number of carboxylic acids is 2. The maximum absolute atomic E-state index is 12.5. The van der Waals surface area contributed by atoms with Crippen molar-refractivity contribution < 1.29 is 138 Å². The average Bonchev–Trinajstić information content (AvgIpc) is 3.13. The molecule has 0 aromatic heterocycles. The van der Waals surface area contributed by atoms with Gasteiger partial charge in [-0.25, -0.2) is 18.0 Å². The Hall–Kier alpha value is -2.98. The van der Waals surface area contributed by atoms with Gasteiger partial charge in [0.25, 0.3) is 0 Å². The van der Waals surface area contributed by atoms with Crippen LogP contribution < -0.4 is 10.6 Å². The lowest BCUT2D eigenvalue weighted by Crippen LogP contribution is -2.70. The zero-order valence-corrected chi connectivity index (χ0v) is 32.7. The molecule has 0 radical (unpaired) electrons. The van der Waals surface area contributed by atoms with Gasteiger partial charge in [0.1, 0.15) is 85.3 Å². The largest absolute Gasteiger partial charge is 0.479 e. The summed E-state index contributed by atoms with van der Waals surface area (Å²) < 4.78 is 110. The summed E-state index contributed by atoms with van der Waals surface area (Å²) in [5.74, 6) is -5.74. The quantitative estimate of drug-likeness (QED) is 0.0639. The molecule has 4 saturated heterocycles. The minimum atomic E-state index is -5.36. The molecule has 352 valence electrons. The molecular weight excluding hydrogens is 892 g/mol. The molecule has 4 heterocycles. The Morgan fingerprint density at radius 3 is 1.38 bits per heavy atom. The number of amides is 2. The highest BCUT2D eigenvalue weighted by Gasteiger charge is 2.57. The number of carbonyl (C=O) groups is 4. The molecule has 4 aliphatic rings. The van der Waals surface area contributed by atoms with Gasteiger partial charge in [0.15, 0.2) is 37.4 Å². The van der Waals surface area contributed by atoms with Crippen LogP contribution in [0.4, 0.5) is 0 Å². The third-order valence-electron chi connectivity index (χ3n) is 9.34. The van der Waals surface area contributed by atoms with Crippen LogP contribution >= 0.6 is 0 Å². The number of ether oxygens (including phenoxy) is 7. The van der Waals surface area contributed by atoms with E-state index in [0.29, 0.717) is 0 Å². The van der Waals surface area contributed by atoms with Crippen molar-refractivity contribution in [2.24, 2.45) is 0 Å². The summed E-state index contributed by atoms with van der Waals surface area (Å²) in [5, 5.41) is 110. The van der Waals surface area contributed by atoms with E-state index >= 15 is 0 Å². The molecule has 0 unspecified atom stereocenters. The second-order valence-corrected chi connectivity index (χ2v) is 15.9. The third-order valence-corrected chi connectivity index (χ3v) is 10.2. The van der Waals surface area contributed by atoms with Crippen LogP contribution in [0.2, 0.25) is 0 Å². The molecule has 4 aliphatic heterocycles. The van der Waals surface area contributed by atoms with Gasteiger partial charge in [0.05, 0.1) is 13.2 Å². The minimum absolute atomic E-state index is 0.851. The number of aliphatic hydroxyl groups excluding tert-OH is 8. The first-order valence-electron chi connectivity index (χ1n) is 17.4. The Kier molecular flexibility index (Phi) is 16.8. The van der Waals surface area contributed by atoms with Gasteiger partial charge in [-0.2, -0.15) is 16.8 Å². The van der Waals surface area contributed by atoms with E-state index in [1.165, 1.54) is 0 Å². The van der Waals surface area contributed by atoms with E-state index in [1.54, 1.807) is 0 Å². The Morgan fingerprint density at radius 1 is 0.508 bits per heavy atom. The van der Waals surface area contributed by atoms with Crippen molar-refractivity contribution in [2.45, 2.75) is 137 Å². The summed E-state index contributed by atoms with van der Waals surface area (Å²) in [6.45, 7) is -0.765. The first-order chi connectivity index (χ1) is 28.1. The van der Waals surface area contributed by atoms with Crippen molar-refractivity contribution in [3.63, 3.8) is 0 Å². The smallest absolute Gasteiger partial charge is 0.397 e. The van der Waals surface area contributed by atoms with Crippen LogP contribution in [0.15, 0.2) is 0 Å². The molecule has 2 amide bonds. The van der Waals surface area contributed by atoms with Crippen molar-refractivity contribution in [1.82, 2.24) is 10.6 Å². The second kappa shape index (κ2) is 20.2. The average molecular weight is 937 g/mol. The summed E-state index contributed by atoms with van der Waals surface area (Å²) in [6, 6.07) is -3.77. The molecule has 4 rings (SSSR count). The Balaban J connectivity index is 1.64. The number of hydrogen-bond donors (Lipinski definition) is 14. The predicted molar refractivity (Wildman–Crippen MR) is 179 cm³/mol. The highest BCUT2D eigenvalue weighted by atomic mass is 32.3. The maximum Gasteiger partial charge on any atom is 0.397 e. The lowest BCUT2D eigenvalue weighted by molar-refractivity contribution is -0.370. The minimum Gasteiger partial charge on any atom is -0.479 e. The predicted octanol–water partition coefficient (Wildman–Crippen LogP) is -9.62. The molecule has 0 saturated carbocycles. The summed E-state index contributed by atoms with van der Waals surface area (Å²) in [6.07, 6.45) is -40.6. The molecule has 4 fully saturated rings. The summed E-state index contributed by atoms with van der Waals surface area (Å²) in [5.41, 5.74) is 0. The number of nitrogens with one attached hydrogen (secondary N) is 2. The van der Waals surface area contributed by atoms with Gasteiger partial charge in [0, 0.05) is 13.8 Å². The van der Waals surface area contributed by atoms with Crippen molar-refractivity contribution in [3.05, 3.63) is 0 Å². The van der Waals surface area contributed by atoms with Gasteiger partial charge in [-0.15, -0.1) is 0 Å². The van der Waals surface area contributed by atoms with E-state index in [9.17, 15) is 91.6 Å². The van der Waals surface area contributed by atoms with Crippen LogP contribution in [-0.2, 0) is 81.5 Å². The Bertz CT molecular complexity index is 1790. The zero-order chi connectivity index (χ0) is 46.0. The van der Waals surface area contributed by atoms with Gasteiger partial charge in [-0.05, 0) is 0 Å². The molecule has 20 atom stereocenters. The SMILES string of the molecule is CC(=O)N[C@@H]1[C@@H](O)[C@H](O[C@@H]2O[C@@H](C(=O)O)[C@@H](O[C@@H]3O[C@H](COS(=O)(=O)O)[C@@H](O[C@H]4O[C@H](C(=O)O)[C@@H](O)[C@H](O)[C@H]4O)[C@H](O)[C@H]3NC(C)=O)[C@H](O)[C@H]2O)[C@@H](COS(=O)(=O)O)O[C@H]1O. The molecule has 31 nitrogen and oxygen atoms in total. The van der Waals surface area contributed by atoms with Crippen LogP contribution in [0.5, 0.6) is 0 Å². The molecule has 0 aliphatic carbocycles. The highest BCUT2D eigenvalue weighted by molar-refractivity contribution is 7.81. The van der Waals surface area contributed by atoms with E-state index in [4.69, 9.17) is 37.7 Å². The van der Waals surface area contributed by atoms with E-state index in [2.05, 4.69) is 19.0 Å². The molecule has 33 heteroatoms. The highest BCUT2D eigenvalue weighted by Crippen LogP contribution is 2.35. The molecule has 61 heavy (non-hydrogen) atoms. The van der Waals surface area contributed by atoms with E-state index in [0.717, 1.165) is 13.8 Å². The summed E-state index contributed by atoms with van der Waals surface area (Å²) in [7, 11) is -10.6. The van der Waals surface area contributed by atoms with Crippen LogP contribution in [0.3, 0.4) is 0 Å². The number of carbonyl (C=O) groups excluding carboxylic acids is 2. The van der Waals surface area contributed by atoms with Crippen molar-refractivity contribution in [3.8, 4) is 0 Å². The van der Waals surface area contributed by atoms with Crippen molar-refractivity contribution in [1.29, 1.82) is 0 Å².